The lowest BCUT2D eigenvalue weighted by Crippen LogP contribution is -2.58. The van der Waals surface area contributed by atoms with Crippen molar-refractivity contribution in [2.75, 3.05) is 13.1 Å². The predicted molar refractivity (Wildman–Crippen MR) is 197 cm³/mol. The molecule has 7 rings (SSSR count). The summed E-state index contributed by atoms with van der Waals surface area (Å²) < 4.78 is 39.9. The van der Waals surface area contributed by atoms with Crippen LogP contribution >= 0.6 is 11.3 Å². The summed E-state index contributed by atoms with van der Waals surface area (Å²) in [5.74, 6) is -2.56. The van der Waals surface area contributed by atoms with Crippen LogP contribution < -0.4 is 15.4 Å². The van der Waals surface area contributed by atoms with Crippen molar-refractivity contribution >= 4 is 51.3 Å². The molecule has 3 N–H and O–H groups in total. The number of alkyl carbamates (subject to hydrolysis) is 1. The SMILES string of the molecule is O=C(N[C@H]1CCCCCC=C[C@@H]2C[C@@]2(C(=O)NS(=O)(=O)c2cccs2)NC(=O)[C@@H]2C[C@@H](OC(=O)N3CCc4ccccc4C3)CN2C1=O)OC1CCCC1. The molecule has 0 bridgehead atoms. The average Bonchev–Trinajstić information content (AvgIpc) is 3.67. The number of carbonyl (C=O) groups excluding carboxylic acids is 5. The maximum absolute atomic E-state index is 14.4. The monoisotopic (exact) mass is 781 g/mol. The Kier molecular flexibility index (Phi) is 11.3. The van der Waals surface area contributed by atoms with Crippen molar-refractivity contribution in [1.29, 1.82) is 0 Å². The van der Waals surface area contributed by atoms with Crippen molar-refractivity contribution in [1.82, 2.24) is 25.2 Å². The summed E-state index contributed by atoms with van der Waals surface area (Å²) >= 11 is 0.962. The third kappa shape index (κ3) is 8.43. The summed E-state index contributed by atoms with van der Waals surface area (Å²) in [6.45, 7) is 0.702. The Balaban J connectivity index is 1.13. The van der Waals surface area contributed by atoms with Crippen LogP contribution in [0.1, 0.15) is 81.8 Å². The molecule has 0 spiro atoms. The molecule has 5 atom stereocenters. The Bertz CT molecular complexity index is 1880. The Morgan fingerprint density at radius 1 is 0.926 bits per heavy atom. The molecule has 16 heteroatoms. The standard InChI is InChI=1S/C38H47N5O9S2/c44-33-31-21-29(52-37(48)42-19-18-25-11-6-7-12-26(25)23-42)24-43(31)34(45)30(39-36(47)51-28-14-8-9-15-28)16-5-3-1-2-4-13-27-22-38(27,40-33)35(46)41-54(49,50)32-17-10-20-53-32/h4,6-7,10-13,17,20,27-31H,1-3,5,8-9,14-16,18-19,21-24H2,(H,39,47)(H,40,44)(H,41,46)/t27-,29-,30+,31+,38-/m1/s1. The number of carbonyl (C=O) groups is 5. The lowest BCUT2D eigenvalue weighted by atomic mass is 10.0. The number of allylic oxidation sites excluding steroid dienone is 1. The molecule has 3 fully saturated rings. The molecule has 1 saturated heterocycles. The minimum absolute atomic E-state index is 0.0390. The molecule has 14 nitrogen and oxygen atoms in total. The maximum Gasteiger partial charge on any atom is 0.410 e. The van der Waals surface area contributed by atoms with Crippen LogP contribution in [0.2, 0.25) is 0 Å². The van der Waals surface area contributed by atoms with Crippen LogP contribution in [-0.2, 0) is 46.8 Å². The van der Waals surface area contributed by atoms with Crippen molar-refractivity contribution in [2.45, 2.75) is 118 Å². The van der Waals surface area contributed by atoms with Gasteiger partial charge in [0.15, 0.2) is 0 Å². The van der Waals surface area contributed by atoms with E-state index in [0.29, 0.717) is 38.8 Å². The van der Waals surface area contributed by atoms with Crippen LogP contribution in [0, 0.1) is 5.92 Å². The molecule has 0 unspecified atom stereocenters. The maximum atomic E-state index is 14.4. The van der Waals surface area contributed by atoms with Gasteiger partial charge in [0.25, 0.3) is 15.9 Å². The smallest absolute Gasteiger partial charge is 0.410 e. The molecular formula is C38H47N5O9S2. The van der Waals surface area contributed by atoms with Crippen LogP contribution in [0.3, 0.4) is 0 Å². The average molecular weight is 782 g/mol. The molecule has 2 aromatic rings. The van der Waals surface area contributed by atoms with E-state index in [9.17, 15) is 32.4 Å². The number of amides is 5. The Labute approximate surface area is 319 Å². The number of sulfonamides is 1. The van der Waals surface area contributed by atoms with E-state index in [1.807, 2.05) is 36.4 Å². The fourth-order valence-electron chi connectivity index (χ4n) is 8.05. The van der Waals surface area contributed by atoms with E-state index in [-0.39, 0.29) is 29.7 Å². The van der Waals surface area contributed by atoms with Gasteiger partial charge in [-0.15, -0.1) is 11.3 Å². The largest absolute Gasteiger partial charge is 0.446 e. The highest BCUT2D eigenvalue weighted by molar-refractivity contribution is 7.92. The molecule has 1 aromatic carbocycles. The van der Waals surface area contributed by atoms with E-state index >= 15 is 0 Å². The van der Waals surface area contributed by atoms with Crippen LogP contribution in [0.5, 0.6) is 0 Å². The summed E-state index contributed by atoms with van der Waals surface area (Å²) in [4.78, 5) is 72.0. The van der Waals surface area contributed by atoms with E-state index < -0.39 is 69.6 Å². The van der Waals surface area contributed by atoms with E-state index in [0.717, 1.165) is 61.0 Å². The van der Waals surface area contributed by atoms with Gasteiger partial charge in [0.1, 0.15) is 34.0 Å². The zero-order valence-electron chi connectivity index (χ0n) is 30.1. The fraction of sp³-hybridized carbons (Fsp3) is 0.553. The van der Waals surface area contributed by atoms with E-state index in [2.05, 4.69) is 15.4 Å². The minimum atomic E-state index is -4.20. The Morgan fingerprint density at radius 3 is 2.48 bits per heavy atom. The number of thiophene rings is 1. The van der Waals surface area contributed by atoms with Gasteiger partial charge < -0.3 is 29.9 Å². The van der Waals surface area contributed by atoms with Gasteiger partial charge in [0, 0.05) is 25.4 Å². The van der Waals surface area contributed by atoms with Crippen molar-refractivity contribution in [3.8, 4) is 0 Å². The number of rotatable bonds is 6. The molecule has 4 heterocycles. The third-order valence-electron chi connectivity index (χ3n) is 11.2. The third-order valence-corrected chi connectivity index (χ3v) is 13.9. The molecule has 2 aliphatic carbocycles. The van der Waals surface area contributed by atoms with Crippen molar-refractivity contribution in [2.24, 2.45) is 5.92 Å². The molecule has 1 aromatic heterocycles. The molecule has 2 saturated carbocycles. The van der Waals surface area contributed by atoms with E-state index in [1.54, 1.807) is 16.3 Å². The zero-order chi connectivity index (χ0) is 37.9. The second-order valence-corrected chi connectivity index (χ2v) is 17.8. The van der Waals surface area contributed by atoms with Crippen LogP contribution in [0.4, 0.5) is 9.59 Å². The fourth-order valence-corrected chi connectivity index (χ4v) is 10.1. The number of fused-ring (bicyclic) bond motifs is 3. The van der Waals surface area contributed by atoms with Crippen molar-refractivity contribution in [3.05, 3.63) is 65.1 Å². The molecule has 54 heavy (non-hydrogen) atoms. The van der Waals surface area contributed by atoms with Gasteiger partial charge in [-0.1, -0.05) is 55.3 Å². The topological polar surface area (TPSA) is 181 Å². The normalized spacial score (nSPS) is 27.7. The molecule has 5 amide bonds. The molecule has 0 radical (unpaired) electrons. The summed E-state index contributed by atoms with van der Waals surface area (Å²) in [5.41, 5.74) is 0.603. The van der Waals surface area contributed by atoms with Crippen LogP contribution in [0.15, 0.2) is 58.1 Å². The number of hydrogen-bond donors (Lipinski definition) is 3. The van der Waals surface area contributed by atoms with Gasteiger partial charge in [-0.3, -0.25) is 14.4 Å². The van der Waals surface area contributed by atoms with Gasteiger partial charge in [0.05, 0.1) is 6.54 Å². The Hall–Kier alpha value is -4.44. The predicted octanol–water partition coefficient (Wildman–Crippen LogP) is 4.15. The lowest BCUT2D eigenvalue weighted by molar-refractivity contribution is -0.141. The van der Waals surface area contributed by atoms with Crippen molar-refractivity contribution < 1.29 is 41.9 Å². The molecule has 290 valence electrons. The van der Waals surface area contributed by atoms with Gasteiger partial charge in [-0.2, -0.15) is 0 Å². The molecule has 5 aliphatic rings. The number of benzene rings is 1. The first-order valence-corrected chi connectivity index (χ1v) is 21.3. The number of ether oxygens (including phenoxy) is 2. The second-order valence-electron chi connectivity index (χ2n) is 14.9. The van der Waals surface area contributed by atoms with Crippen molar-refractivity contribution in [3.63, 3.8) is 0 Å². The van der Waals surface area contributed by atoms with Gasteiger partial charge in [-0.25, -0.2) is 22.7 Å². The summed E-state index contributed by atoms with van der Waals surface area (Å²) in [5, 5.41) is 7.18. The van der Waals surface area contributed by atoms with Gasteiger partial charge >= 0.3 is 12.2 Å². The number of nitrogens with one attached hydrogen (secondary N) is 3. The van der Waals surface area contributed by atoms with Crippen LogP contribution in [0.25, 0.3) is 0 Å². The summed E-state index contributed by atoms with van der Waals surface area (Å²) in [6.07, 6.45) is 8.75. The number of nitrogens with zero attached hydrogens (tertiary/aromatic N) is 2. The van der Waals surface area contributed by atoms with E-state index in [4.69, 9.17) is 9.47 Å². The van der Waals surface area contributed by atoms with E-state index in [1.165, 1.54) is 11.0 Å². The zero-order valence-corrected chi connectivity index (χ0v) is 31.7. The lowest BCUT2D eigenvalue weighted by Gasteiger charge is -2.30. The summed E-state index contributed by atoms with van der Waals surface area (Å²) in [7, 11) is -4.20. The first kappa shape index (κ1) is 37.9. The minimum Gasteiger partial charge on any atom is -0.446 e. The first-order valence-electron chi connectivity index (χ1n) is 18.9. The second kappa shape index (κ2) is 16.1. The van der Waals surface area contributed by atoms with Crippen LogP contribution in [-0.4, -0.2) is 91.0 Å². The quantitative estimate of drug-likeness (QED) is 0.363. The molecule has 3 aliphatic heterocycles. The molecular weight excluding hydrogens is 735 g/mol. The highest BCUT2D eigenvalue weighted by atomic mass is 32.2. The van der Waals surface area contributed by atoms with Gasteiger partial charge in [0.2, 0.25) is 11.8 Å². The summed E-state index contributed by atoms with van der Waals surface area (Å²) in [6, 6.07) is 8.63. The highest BCUT2D eigenvalue weighted by Crippen LogP contribution is 2.46. The first-order chi connectivity index (χ1) is 26.0. The highest BCUT2D eigenvalue weighted by Gasteiger charge is 2.62. The number of hydrogen-bond acceptors (Lipinski definition) is 10. The Morgan fingerprint density at radius 2 is 1.70 bits per heavy atom. The van der Waals surface area contributed by atoms with Gasteiger partial charge in [-0.05, 0) is 80.4 Å².